The highest BCUT2D eigenvalue weighted by atomic mass is 16.5. The summed E-state index contributed by atoms with van der Waals surface area (Å²) in [6, 6.07) is 12.6. The number of phenols is 1. The van der Waals surface area contributed by atoms with Crippen LogP contribution in [0, 0.1) is 0 Å². The summed E-state index contributed by atoms with van der Waals surface area (Å²) >= 11 is 0. The molecule has 0 bridgehead atoms. The number of aromatic hydroxyl groups is 1. The van der Waals surface area contributed by atoms with Crippen molar-refractivity contribution < 1.29 is 19.1 Å². The summed E-state index contributed by atoms with van der Waals surface area (Å²) in [4.78, 5) is 23.9. The van der Waals surface area contributed by atoms with Gasteiger partial charge in [-0.2, -0.15) is 0 Å². The third-order valence-corrected chi connectivity index (χ3v) is 3.42. The van der Waals surface area contributed by atoms with Crippen molar-refractivity contribution >= 4 is 22.7 Å². The van der Waals surface area contributed by atoms with E-state index < -0.39 is 6.09 Å². The number of para-hydroxylation sites is 1. The van der Waals surface area contributed by atoms with Crippen molar-refractivity contribution in [2.75, 3.05) is 11.9 Å². The smallest absolute Gasteiger partial charge is 0.411 e. The van der Waals surface area contributed by atoms with Crippen LogP contribution in [-0.4, -0.2) is 17.8 Å². The number of hydrogen-bond donors (Lipinski definition) is 2. The van der Waals surface area contributed by atoms with Crippen LogP contribution in [0.25, 0.3) is 22.3 Å². The van der Waals surface area contributed by atoms with Gasteiger partial charge in [-0.1, -0.05) is 12.1 Å². The van der Waals surface area contributed by atoms with Crippen LogP contribution in [0.5, 0.6) is 5.75 Å². The van der Waals surface area contributed by atoms with Crippen LogP contribution in [0.2, 0.25) is 0 Å². The zero-order valence-corrected chi connectivity index (χ0v) is 12.9. The second-order valence-electron chi connectivity index (χ2n) is 5.05. The van der Waals surface area contributed by atoms with E-state index in [-0.39, 0.29) is 29.1 Å². The molecule has 1 aromatic heterocycles. The van der Waals surface area contributed by atoms with Gasteiger partial charge in [0.05, 0.1) is 17.7 Å². The topological polar surface area (TPSA) is 88.8 Å². The molecule has 0 saturated heterocycles. The molecule has 1 heterocycles. The summed E-state index contributed by atoms with van der Waals surface area (Å²) in [5.41, 5.74) is 1.02. The molecule has 3 rings (SSSR count). The van der Waals surface area contributed by atoms with Gasteiger partial charge in [-0.15, -0.1) is 0 Å². The molecule has 122 valence electrons. The predicted molar refractivity (Wildman–Crippen MR) is 90.2 cm³/mol. The fraction of sp³-hybridized carbons (Fsp3) is 0.111. The SMILES string of the molecule is CCOC(=O)Nc1ccccc1-c1cc(=O)c2ccc(O)cc2o1. The average molecular weight is 325 g/mol. The Labute approximate surface area is 137 Å². The molecule has 0 unspecified atom stereocenters. The molecule has 2 aromatic carbocycles. The van der Waals surface area contributed by atoms with E-state index in [9.17, 15) is 14.7 Å². The van der Waals surface area contributed by atoms with Gasteiger partial charge in [0.25, 0.3) is 0 Å². The number of anilines is 1. The van der Waals surface area contributed by atoms with Gasteiger partial charge in [0.15, 0.2) is 5.43 Å². The second-order valence-corrected chi connectivity index (χ2v) is 5.05. The Bertz CT molecular complexity index is 961. The maximum atomic E-state index is 12.3. The highest BCUT2D eigenvalue weighted by Gasteiger charge is 2.13. The molecule has 0 radical (unpaired) electrons. The molecule has 24 heavy (non-hydrogen) atoms. The molecule has 6 heteroatoms. The zero-order chi connectivity index (χ0) is 17.1. The lowest BCUT2D eigenvalue weighted by atomic mass is 10.1. The lowest BCUT2D eigenvalue weighted by molar-refractivity contribution is 0.168. The minimum absolute atomic E-state index is 0.000679. The monoisotopic (exact) mass is 325 g/mol. The third kappa shape index (κ3) is 3.08. The largest absolute Gasteiger partial charge is 0.508 e. The van der Waals surface area contributed by atoms with E-state index in [1.54, 1.807) is 31.2 Å². The van der Waals surface area contributed by atoms with Crippen molar-refractivity contribution in [1.82, 2.24) is 0 Å². The van der Waals surface area contributed by atoms with Gasteiger partial charge in [-0.3, -0.25) is 10.1 Å². The molecular formula is C18H15NO5. The number of carbonyl (C=O) groups excluding carboxylic acids is 1. The van der Waals surface area contributed by atoms with E-state index in [0.717, 1.165) is 0 Å². The first-order chi connectivity index (χ1) is 11.6. The Morgan fingerprint density at radius 2 is 2.00 bits per heavy atom. The van der Waals surface area contributed by atoms with Gasteiger partial charge in [-0.05, 0) is 31.2 Å². The van der Waals surface area contributed by atoms with Crippen molar-refractivity contribution in [2.45, 2.75) is 6.92 Å². The van der Waals surface area contributed by atoms with Crippen LogP contribution in [0.1, 0.15) is 6.92 Å². The number of phenolic OH excluding ortho intramolecular Hbond substituents is 1. The summed E-state index contributed by atoms with van der Waals surface area (Å²) in [5.74, 6) is 0.284. The summed E-state index contributed by atoms with van der Waals surface area (Å²) in [6.07, 6.45) is -0.592. The molecule has 0 spiro atoms. The molecule has 0 fully saturated rings. The van der Waals surface area contributed by atoms with Crippen molar-refractivity contribution in [3.63, 3.8) is 0 Å². The summed E-state index contributed by atoms with van der Waals surface area (Å²) in [5, 5.41) is 12.6. The van der Waals surface area contributed by atoms with Crippen LogP contribution in [0.15, 0.2) is 57.7 Å². The van der Waals surface area contributed by atoms with E-state index in [2.05, 4.69) is 5.32 Å². The molecule has 0 atom stereocenters. The van der Waals surface area contributed by atoms with Gasteiger partial charge >= 0.3 is 6.09 Å². The second kappa shape index (κ2) is 6.45. The Kier molecular flexibility index (Phi) is 4.20. The minimum Gasteiger partial charge on any atom is -0.508 e. The average Bonchev–Trinajstić information content (AvgIpc) is 2.55. The number of nitrogens with one attached hydrogen (secondary N) is 1. The van der Waals surface area contributed by atoms with E-state index in [0.29, 0.717) is 16.6 Å². The first-order valence-corrected chi connectivity index (χ1v) is 7.38. The fourth-order valence-electron chi connectivity index (χ4n) is 2.36. The van der Waals surface area contributed by atoms with Crippen LogP contribution < -0.4 is 10.7 Å². The molecule has 0 saturated carbocycles. The van der Waals surface area contributed by atoms with Crippen LogP contribution in [-0.2, 0) is 4.74 Å². The van der Waals surface area contributed by atoms with Crippen LogP contribution in [0.4, 0.5) is 10.5 Å². The van der Waals surface area contributed by atoms with Crippen molar-refractivity contribution in [3.8, 4) is 17.1 Å². The number of rotatable bonds is 3. The van der Waals surface area contributed by atoms with Gasteiger partial charge < -0.3 is 14.3 Å². The molecular weight excluding hydrogens is 310 g/mol. The Morgan fingerprint density at radius 1 is 1.21 bits per heavy atom. The van der Waals surface area contributed by atoms with Gasteiger partial charge in [0, 0.05) is 17.7 Å². The number of hydrogen-bond acceptors (Lipinski definition) is 5. The van der Waals surface area contributed by atoms with Crippen LogP contribution in [0.3, 0.4) is 0 Å². The predicted octanol–water partition coefficient (Wildman–Crippen LogP) is 3.73. The number of ether oxygens (including phenoxy) is 1. The summed E-state index contributed by atoms with van der Waals surface area (Å²) < 4.78 is 10.6. The molecule has 2 N–H and O–H groups in total. The van der Waals surface area contributed by atoms with E-state index in [1.807, 2.05) is 0 Å². The highest BCUT2D eigenvalue weighted by molar-refractivity contribution is 5.91. The lowest BCUT2D eigenvalue weighted by Gasteiger charge is -2.10. The molecule has 1 amide bonds. The minimum atomic E-state index is -0.592. The third-order valence-electron chi connectivity index (χ3n) is 3.42. The maximum Gasteiger partial charge on any atom is 0.411 e. The zero-order valence-electron chi connectivity index (χ0n) is 12.9. The van der Waals surface area contributed by atoms with Crippen LogP contribution >= 0.6 is 0 Å². The van der Waals surface area contributed by atoms with Crippen molar-refractivity contribution in [1.29, 1.82) is 0 Å². The maximum absolute atomic E-state index is 12.3. The Morgan fingerprint density at radius 3 is 2.79 bits per heavy atom. The Balaban J connectivity index is 2.11. The first-order valence-electron chi connectivity index (χ1n) is 7.38. The highest BCUT2D eigenvalue weighted by Crippen LogP contribution is 2.30. The van der Waals surface area contributed by atoms with E-state index >= 15 is 0 Å². The molecule has 3 aromatic rings. The van der Waals surface area contributed by atoms with E-state index in [1.165, 1.54) is 24.3 Å². The Hall–Kier alpha value is -3.28. The van der Waals surface area contributed by atoms with Crippen molar-refractivity contribution in [2.24, 2.45) is 0 Å². The molecule has 0 aliphatic heterocycles. The molecule has 6 nitrogen and oxygen atoms in total. The van der Waals surface area contributed by atoms with Crippen molar-refractivity contribution in [3.05, 3.63) is 58.8 Å². The number of amides is 1. The number of carbonyl (C=O) groups is 1. The van der Waals surface area contributed by atoms with Gasteiger partial charge in [0.1, 0.15) is 17.1 Å². The standard InChI is InChI=1S/C18H15NO5/c1-2-23-18(22)19-14-6-4-3-5-12(14)17-10-15(21)13-8-7-11(20)9-16(13)24-17/h3-10,20H,2H2,1H3,(H,19,22). The number of fused-ring (bicyclic) bond motifs is 1. The van der Waals surface area contributed by atoms with Gasteiger partial charge in [-0.25, -0.2) is 4.79 Å². The lowest BCUT2D eigenvalue weighted by Crippen LogP contribution is -2.14. The fourth-order valence-corrected chi connectivity index (χ4v) is 2.36. The summed E-state index contributed by atoms with van der Waals surface area (Å²) in [6.45, 7) is 1.96. The quantitative estimate of drug-likeness (QED) is 0.766. The van der Waals surface area contributed by atoms with Gasteiger partial charge in [0.2, 0.25) is 0 Å². The molecule has 0 aliphatic rings. The summed E-state index contributed by atoms with van der Waals surface area (Å²) in [7, 11) is 0. The number of benzene rings is 2. The first kappa shape index (κ1) is 15.6. The molecule has 0 aliphatic carbocycles. The van der Waals surface area contributed by atoms with E-state index in [4.69, 9.17) is 9.15 Å². The normalized spacial score (nSPS) is 10.5.